The maximum absolute atomic E-state index is 13.1. The van der Waals surface area contributed by atoms with E-state index in [0.29, 0.717) is 24.3 Å². The summed E-state index contributed by atoms with van der Waals surface area (Å²) in [6, 6.07) is 5.37. The zero-order valence-electron chi connectivity index (χ0n) is 16.1. The number of carbonyl (C=O) groups is 1. The zero-order valence-corrected chi connectivity index (χ0v) is 16.9. The molecule has 1 aliphatic heterocycles. The number of hydrogen-bond donors (Lipinski definition) is 1. The number of likely N-dealkylation sites (N-methyl/N-ethyl adjacent to an activating group) is 1. The van der Waals surface area contributed by atoms with Crippen molar-refractivity contribution in [2.24, 2.45) is 0 Å². The summed E-state index contributed by atoms with van der Waals surface area (Å²) in [5.74, 6) is 0.0842. The Morgan fingerprint density at radius 2 is 2.00 bits per heavy atom. The van der Waals surface area contributed by atoms with E-state index in [9.17, 15) is 18.0 Å². The average molecular weight is 429 g/mol. The van der Waals surface area contributed by atoms with Crippen LogP contribution in [0.5, 0.6) is 0 Å². The molecule has 5 nitrogen and oxygen atoms in total. The molecule has 2 fully saturated rings. The highest BCUT2D eigenvalue weighted by Crippen LogP contribution is 2.43. The predicted octanol–water partition coefficient (Wildman–Crippen LogP) is 4.01. The van der Waals surface area contributed by atoms with Crippen LogP contribution in [-0.2, 0) is 6.18 Å². The summed E-state index contributed by atoms with van der Waals surface area (Å²) in [4.78, 5) is 15.0. The molecule has 9 heteroatoms. The second-order valence-corrected chi connectivity index (χ2v) is 7.56. The van der Waals surface area contributed by atoms with Crippen molar-refractivity contribution in [3.8, 4) is 5.69 Å². The molecule has 1 aliphatic carbocycles. The highest BCUT2D eigenvalue weighted by atomic mass is 35.5. The van der Waals surface area contributed by atoms with Crippen LogP contribution in [0, 0.1) is 0 Å². The van der Waals surface area contributed by atoms with Gasteiger partial charge >= 0.3 is 6.18 Å². The first-order valence-electron chi connectivity index (χ1n) is 9.60. The molecule has 29 heavy (non-hydrogen) atoms. The fourth-order valence-electron chi connectivity index (χ4n) is 3.86. The van der Waals surface area contributed by atoms with Crippen LogP contribution < -0.4 is 5.32 Å². The molecule has 0 bridgehead atoms. The lowest BCUT2D eigenvalue weighted by atomic mass is 10.0. The molecule has 1 unspecified atom stereocenters. The molecule has 0 radical (unpaired) electrons. The van der Waals surface area contributed by atoms with Gasteiger partial charge in [0.05, 0.1) is 28.7 Å². The Hall–Kier alpha value is -2.06. The van der Waals surface area contributed by atoms with E-state index in [4.69, 9.17) is 0 Å². The first-order valence-corrected chi connectivity index (χ1v) is 9.60. The summed E-state index contributed by atoms with van der Waals surface area (Å²) >= 11 is 0. The third-order valence-electron chi connectivity index (χ3n) is 5.54. The predicted molar refractivity (Wildman–Crippen MR) is 106 cm³/mol. The van der Waals surface area contributed by atoms with E-state index >= 15 is 0 Å². The molecule has 1 aromatic heterocycles. The number of nitrogens with one attached hydrogen (secondary N) is 1. The average Bonchev–Trinajstić information content (AvgIpc) is 3.44. The van der Waals surface area contributed by atoms with Gasteiger partial charge in [-0.1, -0.05) is 6.07 Å². The SMILES string of the molecule is CNC1CCCN(C(=O)c2cnn(-c3cccc(C(F)(F)F)c3)c2C2CC2)C1.Cl. The Bertz CT molecular complexity index is 879. The Labute approximate surface area is 173 Å². The number of alkyl halides is 3. The van der Waals surface area contributed by atoms with Crippen LogP contribution in [0.4, 0.5) is 13.2 Å². The summed E-state index contributed by atoms with van der Waals surface area (Å²) in [5.41, 5.74) is 0.859. The number of piperidine rings is 1. The van der Waals surface area contributed by atoms with Crippen molar-refractivity contribution in [3.63, 3.8) is 0 Å². The van der Waals surface area contributed by atoms with Gasteiger partial charge in [0, 0.05) is 25.0 Å². The van der Waals surface area contributed by atoms with Crippen molar-refractivity contribution < 1.29 is 18.0 Å². The molecule has 1 N–H and O–H groups in total. The van der Waals surface area contributed by atoms with Gasteiger partial charge in [-0.25, -0.2) is 4.68 Å². The van der Waals surface area contributed by atoms with Crippen molar-refractivity contribution in [3.05, 3.63) is 47.3 Å². The quantitative estimate of drug-likeness (QED) is 0.800. The molecule has 1 saturated carbocycles. The summed E-state index contributed by atoms with van der Waals surface area (Å²) in [6.45, 7) is 1.32. The van der Waals surface area contributed by atoms with E-state index < -0.39 is 11.7 Å². The van der Waals surface area contributed by atoms with Crippen LogP contribution >= 0.6 is 12.4 Å². The van der Waals surface area contributed by atoms with Crippen LogP contribution in [0.2, 0.25) is 0 Å². The highest BCUT2D eigenvalue weighted by Gasteiger charge is 2.36. The van der Waals surface area contributed by atoms with Crippen molar-refractivity contribution in [2.75, 3.05) is 20.1 Å². The highest BCUT2D eigenvalue weighted by molar-refractivity contribution is 5.95. The van der Waals surface area contributed by atoms with Gasteiger partial charge in [0.15, 0.2) is 0 Å². The molecule has 1 saturated heterocycles. The van der Waals surface area contributed by atoms with E-state index in [1.54, 1.807) is 6.07 Å². The first-order chi connectivity index (χ1) is 13.4. The molecule has 4 rings (SSSR count). The van der Waals surface area contributed by atoms with Crippen molar-refractivity contribution in [1.29, 1.82) is 0 Å². The maximum atomic E-state index is 13.1. The van der Waals surface area contributed by atoms with Crippen LogP contribution in [0.1, 0.15) is 53.2 Å². The number of halogens is 4. The second-order valence-electron chi connectivity index (χ2n) is 7.56. The van der Waals surface area contributed by atoms with Gasteiger partial charge in [-0.2, -0.15) is 18.3 Å². The van der Waals surface area contributed by atoms with E-state index in [1.165, 1.54) is 16.9 Å². The Kier molecular flexibility index (Phi) is 6.24. The van der Waals surface area contributed by atoms with E-state index in [-0.39, 0.29) is 30.3 Å². The number of likely N-dealkylation sites (tertiary alicyclic amines) is 1. The molecule has 0 spiro atoms. The van der Waals surface area contributed by atoms with Crippen LogP contribution in [0.25, 0.3) is 5.69 Å². The van der Waals surface area contributed by atoms with Crippen LogP contribution in [0.15, 0.2) is 30.5 Å². The smallest absolute Gasteiger partial charge is 0.337 e. The lowest BCUT2D eigenvalue weighted by Crippen LogP contribution is -2.47. The second kappa shape index (κ2) is 8.36. The zero-order chi connectivity index (χ0) is 19.9. The molecule has 158 valence electrons. The Balaban J connectivity index is 0.00000240. The largest absolute Gasteiger partial charge is 0.416 e. The van der Waals surface area contributed by atoms with Gasteiger partial charge in [-0.3, -0.25) is 4.79 Å². The molecule has 1 atom stereocenters. The van der Waals surface area contributed by atoms with Gasteiger partial charge < -0.3 is 10.2 Å². The number of benzene rings is 1. The minimum absolute atomic E-state index is 0. The Morgan fingerprint density at radius 1 is 1.24 bits per heavy atom. The van der Waals surface area contributed by atoms with Crippen molar-refractivity contribution in [2.45, 2.75) is 43.8 Å². The molecular formula is C20H24ClF3N4O. The Morgan fingerprint density at radius 3 is 2.66 bits per heavy atom. The van der Waals surface area contributed by atoms with E-state index in [2.05, 4.69) is 10.4 Å². The fourth-order valence-corrected chi connectivity index (χ4v) is 3.86. The molecular weight excluding hydrogens is 405 g/mol. The summed E-state index contributed by atoms with van der Waals surface area (Å²) < 4.78 is 40.8. The number of rotatable bonds is 4. The fraction of sp³-hybridized carbons (Fsp3) is 0.500. The van der Waals surface area contributed by atoms with E-state index in [1.807, 2.05) is 11.9 Å². The third kappa shape index (κ3) is 4.43. The van der Waals surface area contributed by atoms with E-state index in [0.717, 1.165) is 43.5 Å². The lowest BCUT2D eigenvalue weighted by Gasteiger charge is -2.32. The van der Waals surface area contributed by atoms with Gasteiger partial charge in [0.2, 0.25) is 0 Å². The normalized spacial score (nSPS) is 19.7. The molecule has 2 heterocycles. The summed E-state index contributed by atoms with van der Waals surface area (Å²) in [6.07, 6.45) is 0.891. The minimum Gasteiger partial charge on any atom is -0.337 e. The monoisotopic (exact) mass is 428 g/mol. The number of hydrogen-bond acceptors (Lipinski definition) is 3. The summed E-state index contributed by atoms with van der Waals surface area (Å²) in [5, 5.41) is 7.53. The lowest BCUT2D eigenvalue weighted by molar-refractivity contribution is -0.137. The van der Waals surface area contributed by atoms with Crippen LogP contribution in [0.3, 0.4) is 0 Å². The van der Waals surface area contributed by atoms with Gasteiger partial charge in [0.1, 0.15) is 0 Å². The van der Waals surface area contributed by atoms with Crippen molar-refractivity contribution >= 4 is 18.3 Å². The third-order valence-corrected chi connectivity index (χ3v) is 5.54. The van der Waals surface area contributed by atoms with Crippen molar-refractivity contribution in [1.82, 2.24) is 20.0 Å². The maximum Gasteiger partial charge on any atom is 0.416 e. The molecule has 1 amide bonds. The van der Waals surface area contributed by atoms with Gasteiger partial charge in [-0.05, 0) is 50.9 Å². The topological polar surface area (TPSA) is 50.2 Å². The van der Waals surface area contributed by atoms with Gasteiger partial charge in [-0.15, -0.1) is 12.4 Å². The molecule has 1 aromatic carbocycles. The number of nitrogens with zero attached hydrogens (tertiary/aromatic N) is 3. The molecule has 2 aliphatic rings. The number of amides is 1. The summed E-state index contributed by atoms with van der Waals surface area (Å²) in [7, 11) is 1.89. The minimum atomic E-state index is -4.42. The number of aromatic nitrogens is 2. The van der Waals surface area contributed by atoms with Crippen LogP contribution in [-0.4, -0.2) is 46.8 Å². The number of carbonyl (C=O) groups excluding carboxylic acids is 1. The first kappa shape index (κ1) is 21.6. The molecule has 2 aromatic rings. The van der Waals surface area contributed by atoms with Gasteiger partial charge in [0.25, 0.3) is 5.91 Å². The standard InChI is InChI=1S/C20H23F3N4O.ClH/c1-24-15-5-3-9-26(12-15)19(28)17-11-25-27(18(17)13-7-8-13)16-6-2-4-14(10-16)20(21,22)23;/h2,4,6,10-11,13,15,24H,3,5,7-9,12H2,1H3;1H.